The highest BCUT2D eigenvalue weighted by Gasteiger charge is 2.47. The summed E-state index contributed by atoms with van der Waals surface area (Å²) in [4.78, 5) is 0. The summed E-state index contributed by atoms with van der Waals surface area (Å²) in [5.74, 6) is 0. The van der Waals surface area contributed by atoms with E-state index in [1.165, 1.54) is 12.5 Å². The zero-order valence-electron chi connectivity index (χ0n) is 8.48. The van der Waals surface area contributed by atoms with Gasteiger partial charge in [-0.25, -0.2) is 0 Å². The molecular weight excluding hydrogens is 248 g/mol. The summed E-state index contributed by atoms with van der Waals surface area (Å²) >= 11 is 3.51. The Balaban J connectivity index is 2.68. The van der Waals surface area contributed by atoms with Crippen LogP contribution in [0.3, 0.4) is 0 Å². The zero-order valence-corrected chi connectivity index (χ0v) is 12.1. The van der Waals surface area contributed by atoms with Crippen LogP contribution in [0.2, 0.25) is 32.2 Å². The minimum absolute atomic E-state index is 0.507. The van der Waals surface area contributed by atoms with Crippen LogP contribution in [0.1, 0.15) is 6.42 Å². The van der Waals surface area contributed by atoms with Crippen LogP contribution in [0.5, 0.6) is 0 Å². The van der Waals surface area contributed by atoms with Gasteiger partial charge in [0.05, 0.1) is 13.7 Å². The van der Waals surface area contributed by atoms with E-state index in [2.05, 4.69) is 42.1 Å². The van der Waals surface area contributed by atoms with Crippen molar-refractivity contribution >= 4 is 31.4 Å². The normalized spacial score (nSPS) is 33.2. The SMILES string of the molecule is C[Si]1(C)CCC(CBr)O[Si]1(C)C. The van der Waals surface area contributed by atoms with Crippen LogP contribution in [-0.2, 0) is 4.43 Å². The average molecular weight is 267 g/mol. The molecule has 1 aliphatic heterocycles. The molecule has 1 aliphatic rings. The monoisotopic (exact) mass is 266 g/mol. The summed E-state index contributed by atoms with van der Waals surface area (Å²) in [6, 6.07) is 1.46. The maximum Gasteiger partial charge on any atom is 0.174 e. The van der Waals surface area contributed by atoms with Crippen LogP contribution in [0, 0.1) is 0 Å². The van der Waals surface area contributed by atoms with Gasteiger partial charge in [-0.2, -0.15) is 0 Å². The second-order valence-corrected chi connectivity index (χ2v) is 20.7. The van der Waals surface area contributed by atoms with Crippen molar-refractivity contribution in [3.8, 4) is 0 Å². The average Bonchev–Trinajstić information content (AvgIpc) is 1.95. The standard InChI is InChI=1S/C8H19BrOSi2/c1-11(2)6-5-8(7-9)10-12(11,3)4/h8H,5-7H2,1-4H3. The van der Waals surface area contributed by atoms with Gasteiger partial charge in [0.25, 0.3) is 0 Å². The summed E-state index contributed by atoms with van der Waals surface area (Å²) in [5, 5.41) is 1.02. The Kier molecular flexibility index (Phi) is 3.24. The van der Waals surface area contributed by atoms with Crippen LogP contribution in [0.15, 0.2) is 0 Å². The van der Waals surface area contributed by atoms with E-state index in [4.69, 9.17) is 4.43 Å². The minimum Gasteiger partial charge on any atom is -0.416 e. The molecule has 1 heterocycles. The molecule has 1 nitrogen and oxygen atoms in total. The number of hydrogen-bond acceptors (Lipinski definition) is 1. The predicted molar refractivity (Wildman–Crippen MR) is 63.1 cm³/mol. The molecule has 0 saturated carbocycles. The van der Waals surface area contributed by atoms with E-state index in [9.17, 15) is 0 Å². The lowest BCUT2D eigenvalue weighted by Crippen LogP contribution is -2.61. The van der Waals surface area contributed by atoms with Crippen molar-refractivity contribution < 1.29 is 4.43 Å². The third kappa shape index (κ3) is 2.03. The van der Waals surface area contributed by atoms with Gasteiger partial charge in [-0.1, -0.05) is 35.1 Å². The van der Waals surface area contributed by atoms with Crippen LogP contribution in [-0.4, -0.2) is 26.9 Å². The molecule has 0 spiro atoms. The number of rotatable bonds is 1. The Morgan fingerprint density at radius 2 is 1.92 bits per heavy atom. The highest BCUT2D eigenvalue weighted by Crippen LogP contribution is 2.33. The first kappa shape index (κ1) is 11.0. The highest BCUT2D eigenvalue weighted by molar-refractivity contribution is 9.09. The topological polar surface area (TPSA) is 9.23 Å². The molecular formula is C8H19BrOSi2. The molecule has 72 valence electrons. The fourth-order valence-corrected chi connectivity index (χ4v) is 8.96. The molecule has 4 heteroatoms. The van der Waals surface area contributed by atoms with E-state index in [1.54, 1.807) is 0 Å². The Bertz CT molecular complexity index is 170. The predicted octanol–water partition coefficient (Wildman–Crippen LogP) is 3.16. The Labute approximate surface area is 85.9 Å². The maximum absolute atomic E-state index is 6.19. The molecule has 0 aromatic heterocycles. The van der Waals surface area contributed by atoms with E-state index in [0.29, 0.717) is 6.10 Å². The molecule has 0 aromatic carbocycles. The first-order valence-electron chi connectivity index (χ1n) is 4.63. The second kappa shape index (κ2) is 3.55. The van der Waals surface area contributed by atoms with Crippen molar-refractivity contribution in [3.05, 3.63) is 0 Å². The van der Waals surface area contributed by atoms with Crippen molar-refractivity contribution in [2.45, 2.75) is 44.8 Å². The first-order valence-corrected chi connectivity index (χ1v) is 12.9. The van der Waals surface area contributed by atoms with E-state index in [-0.39, 0.29) is 0 Å². The van der Waals surface area contributed by atoms with Crippen molar-refractivity contribution in [3.63, 3.8) is 0 Å². The first-order chi connectivity index (χ1) is 5.39. The van der Waals surface area contributed by atoms with Gasteiger partial charge in [0.15, 0.2) is 7.83 Å². The lowest BCUT2D eigenvalue weighted by Gasteiger charge is -2.45. The molecule has 1 rings (SSSR count). The van der Waals surface area contributed by atoms with Gasteiger partial charge in [-0.05, 0) is 19.5 Å². The van der Waals surface area contributed by atoms with Gasteiger partial charge in [0.2, 0.25) is 0 Å². The van der Waals surface area contributed by atoms with Crippen LogP contribution >= 0.6 is 15.9 Å². The fraction of sp³-hybridized carbons (Fsp3) is 1.00. The molecule has 1 fully saturated rings. The second-order valence-electron chi connectivity index (χ2n) is 4.83. The number of halogens is 1. The lowest BCUT2D eigenvalue weighted by atomic mass is 10.3. The highest BCUT2D eigenvalue weighted by atomic mass is 79.9. The van der Waals surface area contributed by atoms with Crippen LogP contribution in [0.4, 0.5) is 0 Å². The van der Waals surface area contributed by atoms with Gasteiger partial charge in [0.1, 0.15) is 0 Å². The molecule has 0 radical (unpaired) electrons. The van der Waals surface area contributed by atoms with E-state index in [1.807, 2.05) is 0 Å². The van der Waals surface area contributed by atoms with Gasteiger partial charge in [-0.3, -0.25) is 0 Å². The molecule has 1 saturated heterocycles. The number of hydrogen-bond donors (Lipinski definition) is 0. The van der Waals surface area contributed by atoms with Gasteiger partial charge in [0, 0.05) is 5.33 Å². The molecule has 0 aromatic rings. The van der Waals surface area contributed by atoms with Crippen LogP contribution in [0.25, 0.3) is 0 Å². The summed E-state index contributed by atoms with van der Waals surface area (Å²) in [6.07, 6.45) is 1.79. The van der Waals surface area contributed by atoms with Crippen molar-refractivity contribution in [2.75, 3.05) is 5.33 Å². The smallest absolute Gasteiger partial charge is 0.174 e. The van der Waals surface area contributed by atoms with Crippen LogP contribution < -0.4 is 0 Å². The largest absolute Gasteiger partial charge is 0.416 e. The summed E-state index contributed by atoms with van der Waals surface area (Å²) < 4.78 is 6.19. The molecule has 0 amide bonds. The third-order valence-corrected chi connectivity index (χ3v) is 20.7. The maximum atomic E-state index is 6.19. The van der Waals surface area contributed by atoms with Gasteiger partial charge < -0.3 is 4.43 Å². The minimum atomic E-state index is -1.29. The van der Waals surface area contributed by atoms with Gasteiger partial charge >= 0.3 is 0 Å². The molecule has 0 bridgehead atoms. The molecule has 1 unspecified atom stereocenters. The summed E-state index contributed by atoms with van der Waals surface area (Å²) in [7, 11) is -2.27. The molecule has 0 aliphatic carbocycles. The van der Waals surface area contributed by atoms with Crippen molar-refractivity contribution in [1.82, 2.24) is 0 Å². The summed E-state index contributed by atoms with van der Waals surface area (Å²) in [5.41, 5.74) is 0. The summed E-state index contributed by atoms with van der Waals surface area (Å²) in [6.45, 7) is 9.77. The number of alkyl halides is 1. The Morgan fingerprint density at radius 3 is 2.33 bits per heavy atom. The zero-order chi connectivity index (χ0) is 9.41. The van der Waals surface area contributed by atoms with E-state index < -0.39 is 15.4 Å². The Hall–Kier alpha value is 0.874. The molecule has 0 N–H and O–H groups in total. The molecule has 12 heavy (non-hydrogen) atoms. The Morgan fingerprint density at radius 1 is 1.33 bits per heavy atom. The quantitative estimate of drug-likeness (QED) is 0.524. The van der Waals surface area contributed by atoms with E-state index in [0.717, 1.165) is 5.33 Å². The third-order valence-electron chi connectivity index (χ3n) is 3.35. The van der Waals surface area contributed by atoms with Gasteiger partial charge in [-0.15, -0.1) is 0 Å². The van der Waals surface area contributed by atoms with Crippen molar-refractivity contribution in [2.24, 2.45) is 0 Å². The fourth-order valence-electron chi connectivity index (χ4n) is 1.57. The molecule has 1 atom stereocenters. The van der Waals surface area contributed by atoms with Crippen molar-refractivity contribution in [1.29, 1.82) is 0 Å². The van der Waals surface area contributed by atoms with E-state index >= 15 is 0 Å². The lowest BCUT2D eigenvalue weighted by molar-refractivity contribution is 0.212.